The fraction of sp³-hybridized carbons (Fsp3) is 0.533. The maximum atomic E-state index is 11.7. The highest BCUT2D eigenvalue weighted by Crippen LogP contribution is 2.39. The molecule has 1 unspecified atom stereocenters. The van der Waals surface area contributed by atoms with Crippen molar-refractivity contribution in [2.45, 2.75) is 39.2 Å². The molecule has 5 heteroatoms. The molecule has 0 fully saturated rings. The lowest BCUT2D eigenvalue weighted by atomic mass is 9.85. The number of aliphatic hydroxyl groups is 1. The molecule has 0 bridgehead atoms. The maximum absolute atomic E-state index is 11.7. The molecule has 0 amide bonds. The number of aromatic hydroxyl groups is 1. The van der Waals surface area contributed by atoms with Crippen LogP contribution in [0.2, 0.25) is 0 Å². The molecule has 1 aromatic rings. The molecule has 0 aliphatic heterocycles. The Morgan fingerprint density at radius 1 is 1.35 bits per heavy atom. The van der Waals surface area contributed by atoms with Crippen LogP contribution in [0.3, 0.4) is 0 Å². The molecular formula is C15H22O5. The van der Waals surface area contributed by atoms with Crippen molar-refractivity contribution in [2.75, 3.05) is 13.7 Å². The van der Waals surface area contributed by atoms with Crippen LogP contribution >= 0.6 is 0 Å². The zero-order chi connectivity index (χ0) is 15.5. The normalized spacial score (nSPS) is 12.9. The minimum atomic E-state index is -1.49. The second kappa shape index (κ2) is 6.13. The van der Waals surface area contributed by atoms with Crippen molar-refractivity contribution < 1.29 is 24.5 Å². The summed E-state index contributed by atoms with van der Waals surface area (Å²) in [6, 6.07) is 3.22. The summed E-state index contributed by atoms with van der Waals surface area (Å²) >= 11 is 0. The third-order valence-corrected chi connectivity index (χ3v) is 2.97. The van der Waals surface area contributed by atoms with Crippen LogP contribution in [0.25, 0.3) is 0 Å². The first-order chi connectivity index (χ1) is 9.22. The Bertz CT molecular complexity index is 488. The summed E-state index contributed by atoms with van der Waals surface area (Å²) in [5, 5.41) is 20.1. The Kier molecular flexibility index (Phi) is 5.00. The number of hydrogen-bond acceptors (Lipinski definition) is 5. The highest BCUT2D eigenvalue weighted by Gasteiger charge is 2.27. The summed E-state index contributed by atoms with van der Waals surface area (Å²) in [6.45, 7) is 7.73. The van der Waals surface area contributed by atoms with Gasteiger partial charge in [0.2, 0.25) is 0 Å². The Labute approximate surface area is 119 Å². The van der Waals surface area contributed by atoms with Crippen LogP contribution in [0, 0.1) is 0 Å². The van der Waals surface area contributed by atoms with Gasteiger partial charge in [-0.25, -0.2) is 4.79 Å². The smallest absolute Gasteiger partial charge is 0.339 e. The zero-order valence-electron chi connectivity index (χ0n) is 12.6. The van der Waals surface area contributed by atoms with E-state index < -0.39 is 12.1 Å². The molecule has 0 aliphatic carbocycles. The predicted octanol–water partition coefficient (Wildman–Crippen LogP) is 2.29. The molecule has 1 aromatic carbocycles. The van der Waals surface area contributed by atoms with Crippen LogP contribution in [-0.2, 0) is 14.9 Å². The molecule has 0 radical (unpaired) electrons. The first kappa shape index (κ1) is 16.3. The van der Waals surface area contributed by atoms with Gasteiger partial charge in [0.15, 0.2) is 17.6 Å². The number of phenolic OH excluding ortho intramolecular Hbond substituents is 1. The summed E-state index contributed by atoms with van der Waals surface area (Å²) in [4.78, 5) is 11.7. The van der Waals surface area contributed by atoms with Gasteiger partial charge in [0.1, 0.15) is 0 Å². The lowest BCUT2D eigenvalue weighted by molar-refractivity contribution is -0.153. The summed E-state index contributed by atoms with van der Waals surface area (Å²) < 4.78 is 9.87. The monoisotopic (exact) mass is 282 g/mol. The number of methoxy groups -OCH3 is 1. The Morgan fingerprint density at radius 3 is 2.40 bits per heavy atom. The van der Waals surface area contributed by atoms with Crippen LogP contribution in [0.4, 0.5) is 0 Å². The largest absolute Gasteiger partial charge is 0.504 e. The van der Waals surface area contributed by atoms with Crippen molar-refractivity contribution in [2.24, 2.45) is 0 Å². The van der Waals surface area contributed by atoms with Crippen molar-refractivity contribution in [3.63, 3.8) is 0 Å². The average Bonchev–Trinajstić information content (AvgIpc) is 2.36. The number of rotatable bonds is 4. The third kappa shape index (κ3) is 3.42. The number of carbonyl (C=O) groups is 1. The van der Waals surface area contributed by atoms with Crippen molar-refractivity contribution in [3.05, 3.63) is 23.3 Å². The topological polar surface area (TPSA) is 76.0 Å². The minimum absolute atomic E-state index is 0.0820. The Morgan fingerprint density at radius 2 is 1.95 bits per heavy atom. The summed E-state index contributed by atoms with van der Waals surface area (Å²) in [5.41, 5.74) is 0.748. The van der Waals surface area contributed by atoms with Crippen molar-refractivity contribution in [3.8, 4) is 11.5 Å². The van der Waals surface area contributed by atoms with Crippen molar-refractivity contribution in [1.82, 2.24) is 0 Å². The van der Waals surface area contributed by atoms with Crippen molar-refractivity contribution in [1.29, 1.82) is 0 Å². The molecule has 20 heavy (non-hydrogen) atoms. The number of benzene rings is 1. The van der Waals surface area contributed by atoms with Gasteiger partial charge in [-0.2, -0.15) is 0 Å². The molecule has 0 saturated carbocycles. The molecule has 0 saturated heterocycles. The molecule has 112 valence electrons. The molecule has 0 aliphatic rings. The van der Waals surface area contributed by atoms with Gasteiger partial charge < -0.3 is 19.7 Å². The van der Waals surface area contributed by atoms with Gasteiger partial charge in [-0.3, -0.25) is 0 Å². The lowest BCUT2D eigenvalue weighted by Gasteiger charge is -2.23. The third-order valence-electron chi connectivity index (χ3n) is 2.97. The molecule has 1 rings (SSSR count). The Balaban J connectivity index is 3.35. The summed E-state index contributed by atoms with van der Waals surface area (Å²) in [6.07, 6.45) is -1.49. The maximum Gasteiger partial charge on any atom is 0.339 e. The van der Waals surface area contributed by atoms with E-state index in [4.69, 9.17) is 9.47 Å². The summed E-state index contributed by atoms with van der Waals surface area (Å²) in [7, 11) is 1.37. The fourth-order valence-corrected chi connectivity index (χ4v) is 1.84. The van der Waals surface area contributed by atoms with E-state index in [0.717, 1.165) is 5.56 Å². The van der Waals surface area contributed by atoms with Crippen LogP contribution in [0.5, 0.6) is 11.5 Å². The van der Waals surface area contributed by atoms with Gasteiger partial charge in [-0.05, 0) is 30.0 Å². The number of carbonyl (C=O) groups excluding carboxylic acids is 1. The van der Waals surface area contributed by atoms with Crippen LogP contribution in [0.1, 0.15) is 44.9 Å². The number of esters is 1. The van der Waals surface area contributed by atoms with E-state index in [9.17, 15) is 15.0 Å². The quantitative estimate of drug-likeness (QED) is 0.829. The first-order valence-corrected chi connectivity index (χ1v) is 6.48. The zero-order valence-corrected chi connectivity index (χ0v) is 12.6. The number of ether oxygens (including phenoxy) is 2. The van der Waals surface area contributed by atoms with Gasteiger partial charge in [0.25, 0.3) is 0 Å². The van der Waals surface area contributed by atoms with Crippen LogP contribution in [0.15, 0.2) is 12.1 Å². The standard InChI is InChI=1S/C15H22O5/c1-6-20-14(18)12(17)10-7-9(15(2,3)4)8-11(16)13(10)19-5/h7-8,12,16-17H,6H2,1-5H3. The van der Waals surface area contributed by atoms with Gasteiger partial charge in [-0.1, -0.05) is 20.8 Å². The second-order valence-corrected chi connectivity index (χ2v) is 5.52. The number of hydrogen-bond donors (Lipinski definition) is 2. The molecule has 0 heterocycles. The van der Waals surface area contributed by atoms with Gasteiger partial charge in [-0.15, -0.1) is 0 Å². The predicted molar refractivity (Wildman–Crippen MR) is 75.0 cm³/mol. The second-order valence-electron chi connectivity index (χ2n) is 5.52. The van der Waals surface area contributed by atoms with Crippen LogP contribution < -0.4 is 4.74 Å². The summed E-state index contributed by atoms with van der Waals surface area (Å²) in [5.74, 6) is -0.798. The minimum Gasteiger partial charge on any atom is -0.504 e. The first-order valence-electron chi connectivity index (χ1n) is 6.48. The fourth-order valence-electron chi connectivity index (χ4n) is 1.84. The number of aliphatic hydroxyl groups excluding tert-OH is 1. The van der Waals surface area contributed by atoms with E-state index in [-0.39, 0.29) is 29.1 Å². The van der Waals surface area contributed by atoms with Crippen molar-refractivity contribution >= 4 is 5.97 Å². The van der Waals surface area contributed by atoms with E-state index in [0.29, 0.717) is 0 Å². The van der Waals surface area contributed by atoms with Gasteiger partial charge in [0.05, 0.1) is 13.7 Å². The highest BCUT2D eigenvalue weighted by molar-refractivity contribution is 5.78. The van der Waals surface area contributed by atoms with Gasteiger partial charge >= 0.3 is 5.97 Å². The van der Waals surface area contributed by atoms with E-state index in [2.05, 4.69) is 0 Å². The Hall–Kier alpha value is -1.75. The van der Waals surface area contributed by atoms with Gasteiger partial charge in [0, 0.05) is 5.56 Å². The molecular weight excluding hydrogens is 260 g/mol. The molecule has 0 aromatic heterocycles. The van der Waals surface area contributed by atoms with E-state index in [1.165, 1.54) is 7.11 Å². The highest BCUT2D eigenvalue weighted by atomic mass is 16.5. The molecule has 5 nitrogen and oxygen atoms in total. The lowest BCUT2D eigenvalue weighted by Crippen LogP contribution is -2.18. The number of phenols is 1. The van der Waals surface area contributed by atoms with Crippen LogP contribution in [-0.4, -0.2) is 29.9 Å². The SMILES string of the molecule is CCOC(=O)C(O)c1cc(C(C)(C)C)cc(O)c1OC. The van der Waals surface area contributed by atoms with E-state index in [1.54, 1.807) is 19.1 Å². The molecule has 0 spiro atoms. The molecule has 2 N–H and O–H groups in total. The van der Waals surface area contributed by atoms with E-state index in [1.807, 2.05) is 20.8 Å². The average molecular weight is 282 g/mol. The molecule has 1 atom stereocenters. The van der Waals surface area contributed by atoms with E-state index >= 15 is 0 Å².